The zero-order chi connectivity index (χ0) is 15.6. The third kappa shape index (κ3) is 3.78. The van der Waals surface area contributed by atoms with E-state index >= 15 is 0 Å². The van der Waals surface area contributed by atoms with Crippen molar-refractivity contribution in [3.05, 3.63) is 47.4 Å². The Balaban J connectivity index is 1.26. The third-order valence-electron chi connectivity index (χ3n) is 4.91. The van der Waals surface area contributed by atoms with Crippen LogP contribution in [0.4, 0.5) is 4.39 Å². The maximum atomic E-state index is 13.0. The molecule has 1 aliphatic carbocycles. The lowest BCUT2D eigenvalue weighted by atomic mass is 9.90. The van der Waals surface area contributed by atoms with Gasteiger partial charge in [0.1, 0.15) is 5.82 Å². The summed E-state index contributed by atoms with van der Waals surface area (Å²) in [5, 5.41) is 8.32. The van der Waals surface area contributed by atoms with E-state index < -0.39 is 0 Å². The molecule has 1 aromatic carbocycles. The Kier molecular flexibility index (Phi) is 4.12. The monoisotopic (exact) mass is 315 g/mol. The molecule has 2 fully saturated rings. The highest BCUT2D eigenvalue weighted by atomic mass is 19.1. The summed E-state index contributed by atoms with van der Waals surface area (Å²) >= 11 is 0. The highest BCUT2D eigenvalue weighted by Crippen LogP contribution is 2.39. The van der Waals surface area contributed by atoms with E-state index in [1.54, 1.807) is 12.1 Å². The van der Waals surface area contributed by atoms with Crippen molar-refractivity contribution in [3.8, 4) is 0 Å². The highest BCUT2D eigenvalue weighted by Gasteiger charge is 2.29. The van der Waals surface area contributed by atoms with Crippen molar-refractivity contribution in [1.29, 1.82) is 0 Å². The van der Waals surface area contributed by atoms with Gasteiger partial charge in [-0.05, 0) is 68.8 Å². The molecular weight excluding hydrogens is 293 g/mol. The maximum absolute atomic E-state index is 13.0. The van der Waals surface area contributed by atoms with Gasteiger partial charge in [-0.25, -0.2) is 4.39 Å². The summed E-state index contributed by atoms with van der Waals surface area (Å²) in [6.45, 7) is 2.89. The van der Waals surface area contributed by atoms with E-state index in [4.69, 9.17) is 4.42 Å². The van der Waals surface area contributed by atoms with Crippen LogP contribution in [0.15, 0.2) is 28.7 Å². The number of likely N-dealkylation sites (tertiary alicyclic amines) is 1. The molecule has 23 heavy (non-hydrogen) atoms. The lowest BCUT2D eigenvalue weighted by molar-refractivity contribution is 0.163. The summed E-state index contributed by atoms with van der Waals surface area (Å²) in [5.74, 6) is 2.63. The molecule has 2 aliphatic rings. The second-order valence-corrected chi connectivity index (χ2v) is 6.86. The van der Waals surface area contributed by atoms with Crippen LogP contribution < -0.4 is 0 Å². The van der Waals surface area contributed by atoms with Gasteiger partial charge < -0.3 is 4.42 Å². The minimum atomic E-state index is -0.159. The van der Waals surface area contributed by atoms with Gasteiger partial charge in [-0.2, -0.15) is 0 Å². The first-order valence-corrected chi connectivity index (χ1v) is 8.55. The molecule has 0 spiro atoms. The van der Waals surface area contributed by atoms with Crippen LogP contribution in [0, 0.1) is 11.7 Å². The Bertz CT molecular complexity index is 643. The van der Waals surface area contributed by atoms with E-state index in [1.165, 1.54) is 31.2 Å². The van der Waals surface area contributed by atoms with Gasteiger partial charge in [0.25, 0.3) is 0 Å². The van der Waals surface area contributed by atoms with Gasteiger partial charge in [-0.1, -0.05) is 12.1 Å². The molecule has 1 aromatic heterocycles. The number of benzene rings is 1. The van der Waals surface area contributed by atoms with Gasteiger partial charge in [-0.3, -0.25) is 4.90 Å². The average Bonchev–Trinajstić information content (AvgIpc) is 3.32. The first-order valence-electron chi connectivity index (χ1n) is 8.55. The van der Waals surface area contributed by atoms with Crippen LogP contribution in [0.25, 0.3) is 0 Å². The fourth-order valence-corrected chi connectivity index (χ4v) is 3.32. The number of halogens is 1. The molecule has 0 atom stereocenters. The highest BCUT2D eigenvalue weighted by molar-refractivity contribution is 5.16. The van der Waals surface area contributed by atoms with Crippen molar-refractivity contribution in [2.45, 2.75) is 44.6 Å². The lowest BCUT2D eigenvalue weighted by Crippen LogP contribution is -2.34. The van der Waals surface area contributed by atoms with Gasteiger partial charge in [0, 0.05) is 5.92 Å². The van der Waals surface area contributed by atoms with Gasteiger partial charge in [0.2, 0.25) is 11.8 Å². The molecule has 4 rings (SSSR count). The van der Waals surface area contributed by atoms with E-state index in [1.807, 2.05) is 12.1 Å². The van der Waals surface area contributed by atoms with Crippen LogP contribution in [0.3, 0.4) is 0 Å². The Morgan fingerprint density at radius 2 is 1.78 bits per heavy atom. The molecule has 5 heteroatoms. The molecule has 0 radical (unpaired) electrons. The smallest absolute Gasteiger partial charge is 0.230 e. The number of rotatable bonds is 5. The number of aromatic nitrogens is 2. The van der Waals surface area contributed by atoms with E-state index in [0.717, 1.165) is 37.8 Å². The second-order valence-electron chi connectivity index (χ2n) is 6.86. The number of hydrogen-bond acceptors (Lipinski definition) is 4. The van der Waals surface area contributed by atoms with Gasteiger partial charge in [-0.15, -0.1) is 10.2 Å². The number of piperidine rings is 1. The van der Waals surface area contributed by atoms with E-state index in [9.17, 15) is 4.39 Å². The fraction of sp³-hybridized carbons (Fsp3) is 0.556. The number of hydrogen-bond donors (Lipinski definition) is 0. The summed E-state index contributed by atoms with van der Waals surface area (Å²) in [5.41, 5.74) is 1.23. The van der Waals surface area contributed by atoms with Crippen LogP contribution in [0.2, 0.25) is 0 Å². The molecule has 2 aromatic rings. The normalized spacial score (nSPS) is 20.0. The Hall–Kier alpha value is -1.75. The van der Waals surface area contributed by atoms with Gasteiger partial charge in [0.05, 0.1) is 6.54 Å². The molecule has 0 unspecified atom stereocenters. The minimum Gasteiger partial charge on any atom is -0.424 e. The molecule has 122 valence electrons. The minimum absolute atomic E-state index is 0.159. The summed E-state index contributed by atoms with van der Waals surface area (Å²) in [6.07, 6.45) is 5.76. The predicted octanol–water partition coefficient (Wildman–Crippen LogP) is 3.54. The maximum Gasteiger partial charge on any atom is 0.230 e. The zero-order valence-corrected chi connectivity index (χ0v) is 13.2. The fourth-order valence-electron chi connectivity index (χ4n) is 3.32. The van der Waals surface area contributed by atoms with Gasteiger partial charge >= 0.3 is 0 Å². The van der Waals surface area contributed by atoms with Crippen LogP contribution >= 0.6 is 0 Å². The molecule has 0 bridgehead atoms. The van der Waals surface area contributed by atoms with Crippen molar-refractivity contribution in [2.75, 3.05) is 13.1 Å². The van der Waals surface area contributed by atoms with Crippen molar-refractivity contribution in [3.63, 3.8) is 0 Å². The molecule has 0 N–H and O–H groups in total. The molecule has 2 heterocycles. The summed E-state index contributed by atoms with van der Waals surface area (Å²) in [6, 6.07) is 6.91. The van der Waals surface area contributed by atoms with Crippen LogP contribution in [-0.4, -0.2) is 28.2 Å². The molecule has 4 nitrogen and oxygen atoms in total. The lowest BCUT2D eigenvalue weighted by Gasteiger charge is -2.31. The molecule has 1 saturated carbocycles. The Morgan fingerprint density at radius 3 is 2.48 bits per heavy atom. The first-order chi connectivity index (χ1) is 11.3. The van der Waals surface area contributed by atoms with Crippen molar-refractivity contribution >= 4 is 0 Å². The molecule has 0 amide bonds. The van der Waals surface area contributed by atoms with E-state index in [0.29, 0.717) is 11.8 Å². The molecule has 1 aliphatic heterocycles. The van der Waals surface area contributed by atoms with Crippen LogP contribution in [0.5, 0.6) is 0 Å². The Morgan fingerprint density at radius 1 is 1.04 bits per heavy atom. The van der Waals surface area contributed by atoms with E-state index in [-0.39, 0.29) is 5.82 Å². The standard InChI is InChI=1S/C18H22FN3O/c19-16-5-1-13(2-6-16)11-14-7-9-22(10-8-14)12-17-20-21-18(23-17)15-3-4-15/h1-2,5-6,14-15H,3-4,7-12H2. The second kappa shape index (κ2) is 6.40. The summed E-state index contributed by atoms with van der Waals surface area (Å²) < 4.78 is 18.7. The van der Waals surface area contributed by atoms with E-state index in [2.05, 4.69) is 15.1 Å². The van der Waals surface area contributed by atoms with Crippen molar-refractivity contribution in [1.82, 2.24) is 15.1 Å². The van der Waals surface area contributed by atoms with Crippen LogP contribution in [0.1, 0.15) is 48.9 Å². The number of nitrogens with zero attached hydrogens (tertiary/aromatic N) is 3. The van der Waals surface area contributed by atoms with Gasteiger partial charge in [0.15, 0.2) is 0 Å². The quantitative estimate of drug-likeness (QED) is 0.846. The summed E-state index contributed by atoms with van der Waals surface area (Å²) in [4.78, 5) is 2.39. The SMILES string of the molecule is Fc1ccc(CC2CCN(Cc3nnc(C4CC4)o3)CC2)cc1. The average molecular weight is 315 g/mol. The zero-order valence-electron chi connectivity index (χ0n) is 13.2. The summed E-state index contributed by atoms with van der Waals surface area (Å²) in [7, 11) is 0. The first kappa shape index (κ1) is 14.8. The van der Waals surface area contributed by atoms with Crippen LogP contribution in [-0.2, 0) is 13.0 Å². The molecule has 1 saturated heterocycles. The molecular formula is C18H22FN3O. The predicted molar refractivity (Wildman–Crippen MR) is 84.4 cm³/mol. The van der Waals surface area contributed by atoms with Crippen molar-refractivity contribution < 1.29 is 8.81 Å². The Labute approximate surface area is 135 Å². The third-order valence-corrected chi connectivity index (χ3v) is 4.91. The largest absolute Gasteiger partial charge is 0.424 e. The topological polar surface area (TPSA) is 42.2 Å². The van der Waals surface area contributed by atoms with Crippen molar-refractivity contribution in [2.24, 2.45) is 5.92 Å².